The van der Waals surface area contributed by atoms with Crippen LogP contribution in [0.1, 0.15) is 16.8 Å². The Morgan fingerprint density at radius 1 is 1.15 bits per heavy atom. The van der Waals surface area contributed by atoms with Gasteiger partial charge in [-0.05, 0) is 48.9 Å². The maximum absolute atomic E-state index is 13.9. The molecule has 0 radical (unpaired) electrons. The van der Waals surface area contributed by atoms with Crippen molar-refractivity contribution in [3.63, 3.8) is 0 Å². The monoisotopic (exact) mass is 387 g/mol. The fourth-order valence-electron chi connectivity index (χ4n) is 3.28. The molecule has 0 spiro atoms. The van der Waals surface area contributed by atoms with Crippen LogP contribution in [0.3, 0.4) is 0 Å². The highest BCUT2D eigenvalue weighted by atomic mass is 35.5. The number of H-pyrrole nitrogens is 1. The molecule has 0 amide bonds. The van der Waals surface area contributed by atoms with Crippen molar-refractivity contribution in [3.8, 4) is 11.4 Å². The van der Waals surface area contributed by atoms with E-state index in [0.717, 1.165) is 17.7 Å². The zero-order valence-electron chi connectivity index (χ0n) is 14.3. The van der Waals surface area contributed by atoms with Crippen molar-refractivity contribution in [2.75, 3.05) is 6.54 Å². The molecule has 2 heterocycles. The van der Waals surface area contributed by atoms with Gasteiger partial charge in [0.15, 0.2) is 0 Å². The maximum atomic E-state index is 13.9. The second kappa shape index (κ2) is 7.21. The highest BCUT2D eigenvalue weighted by Crippen LogP contribution is 2.22. The lowest BCUT2D eigenvalue weighted by atomic mass is 10.0. The average Bonchev–Trinajstić information content (AvgIpc) is 2.65. The molecule has 0 saturated heterocycles. The Balaban J connectivity index is 1.62. The number of fused-ring (bicyclic) bond motifs is 1. The number of hydrogen-bond donors (Lipinski definition) is 1. The first-order valence-corrected chi connectivity index (χ1v) is 8.91. The van der Waals surface area contributed by atoms with Crippen LogP contribution in [-0.2, 0) is 19.5 Å². The van der Waals surface area contributed by atoms with Crippen molar-refractivity contribution in [2.45, 2.75) is 19.5 Å². The van der Waals surface area contributed by atoms with Gasteiger partial charge in [0.1, 0.15) is 17.5 Å². The topological polar surface area (TPSA) is 49.0 Å². The van der Waals surface area contributed by atoms with Gasteiger partial charge in [-0.1, -0.05) is 11.6 Å². The maximum Gasteiger partial charge on any atom is 0.254 e. The second-order valence-electron chi connectivity index (χ2n) is 6.54. The molecular weight excluding hydrogens is 372 g/mol. The van der Waals surface area contributed by atoms with Crippen LogP contribution in [0.4, 0.5) is 8.78 Å². The fraction of sp³-hybridized carbons (Fsp3) is 0.200. The molecule has 4 nitrogen and oxygen atoms in total. The van der Waals surface area contributed by atoms with E-state index in [0.29, 0.717) is 47.2 Å². The summed E-state index contributed by atoms with van der Waals surface area (Å²) >= 11 is 5.91. The predicted octanol–water partition coefficient (Wildman–Crippen LogP) is 3.93. The Bertz CT molecular complexity index is 1050. The van der Waals surface area contributed by atoms with Gasteiger partial charge in [0.25, 0.3) is 5.56 Å². The van der Waals surface area contributed by atoms with Crippen molar-refractivity contribution in [2.24, 2.45) is 0 Å². The Morgan fingerprint density at radius 3 is 2.70 bits per heavy atom. The molecule has 1 aromatic heterocycles. The van der Waals surface area contributed by atoms with E-state index in [1.54, 1.807) is 24.3 Å². The first kappa shape index (κ1) is 17.8. The van der Waals surface area contributed by atoms with Gasteiger partial charge in [0, 0.05) is 41.3 Å². The van der Waals surface area contributed by atoms with Crippen LogP contribution in [0.5, 0.6) is 0 Å². The molecule has 0 atom stereocenters. The molecule has 0 bridgehead atoms. The quantitative estimate of drug-likeness (QED) is 0.741. The van der Waals surface area contributed by atoms with Gasteiger partial charge >= 0.3 is 0 Å². The van der Waals surface area contributed by atoms with Crippen LogP contribution in [0.2, 0.25) is 5.02 Å². The van der Waals surface area contributed by atoms with Crippen LogP contribution in [-0.4, -0.2) is 21.4 Å². The molecule has 0 fully saturated rings. The number of nitrogens with one attached hydrogen (secondary N) is 1. The highest BCUT2D eigenvalue weighted by molar-refractivity contribution is 6.30. The largest absolute Gasteiger partial charge is 0.306 e. The Hall–Kier alpha value is -2.57. The molecule has 138 valence electrons. The van der Waals surface area contributed by atoms with Crippen molar-refractivity contribution >= 4 is 11.6 Å². The minimum absolute atomic E-state index is 0.165. The number of aromatic amines is 1. The molecular formula is C20H16ClF2N3O. The third-order valence-electron chi connectivity index (χ3n) is 4.67. The summed E-state index contributed by atoms with van der Waals surface area (Å²) in [6.07, 6.45) is 0.509. The molecule has 2 aromatic carbocycles. The number of hydrogen-bond acceptors (Lipinski definition) is 3. The summed E-state index contributed by atoms with van der Waals surface area (Å²) < 4.78 is 27.3. The highest BCUT2D eigenvalue weighted by Gasteiger charge is 2.22. The minimum atomic E-state index is -0.469. The summed E-state index contributed by atoms with van der Waals surface area (Å²) in [5, 5.41) is 0.599. The third kappa shape index (κ3) is 3.77. The summed E-state index contributed by atoms with van der Waals surface area (Å²) in [7, 11) is 0. The minimum Gasteiger partial charge on any atom is -0.306 e. The predicted molar refractivity (Wildman–Crippen MR) is 99.5 cm³/mol. The molecule has 0 unspecified atom stereocenters. The van der Waals surface area contributed by atoms with E-state index in [-0.39, 0.29) is 12.1 Å². The smallest absolute Gasteiger partial charge is 0.254 e. The van der Waals surface area contributed by atoms with Crippen molar-refractivity contribution in [1.82, 2.24) is 14.9 Å². The van der Waals surface area contributed by atoms with E-state index in [1.807, 2.05) is 4.90 Å². The van der Waals surface area contributed by atoms with E-state index in [2.05, 4.69) is 9.97 Å². The molecule has 1 N–H and O–H groups in total. The number of nitrogens with zero attached hydrogens (tertiary/aromatic N) is 2. The lowest BCUT2D eigenvalue weighted by molar-refractivity contribution is 0.237. The summed E-state index contributed by atoms with van der Waals surface area (Å²) in [6.45, 7) is 1.23. The Labute approximate surface area is 159 Å². The molecule has 3 aromatic rings. The molecule has 0 aliphatic carbocycles. The summed E-state index contributed by atoms with van der Waals surface area (Å²) in [4.78, 5) is 21.8. The lowest BCUT2D eigenvalue weighted by Crippen LogP contribution is -2.35. The van der Waals surface area contributed by atoms with Gasteiger partial charge in [-0.15, -0.1) is 0 Å². The lowest BCUT2D eigenvalue weighted by Gasteiger charge is -2.27. The standard InChI is InChI=1S/C20H16ClF2N3O/c21-14-3-1-12(2-4-14)19-24-18-11-26(8-7-16(18)20(27)25-19)10-13-9-15(22)5-6-17(13)23/h1-6,9H,7-8,10-11H2,(H,24,25,27). The third-order valence-corrected chi connectivity index (χ3v) is 4.92. The summed E-state index contributed by atoms with van der Waals surface area (Å²) in [5.74, 6) is -0.444. The summed E-state index contributed by atoms with van der Waals surface area (Å²) in [6, 6.07) is 10.5. The van der Waals surface area contributed by atoms with Crippen LogP contribution in [0.25, 0.3) is 11.4 Å². The van der Waals surface area contributed by atoms with Gasteiger partial charge < -0.3 is 4.98 Å². The van der Waals surface area contributed by atoms with E-state index in [9.17, 15) is 13.6 Å². The van der Waals surface area contributed by atoms with E-state index < -0.39 is 11.6 Å². The molecule has 4 rings (SSSR count). The zero-order chi connectivity index (χ0) is 19.0. The zero-order valence-corrected chi connectivity index (χ0v) is 15.1. The molecule has 1 aliphatic heterocycles. The first-order chi connectivity index (χ1) is 13.0. The van der Waals surface area contributed by atoms with E-state index in [4.69, 9.17) is 11.6 Å². The van der Waals surface area contributed by atoms with E-state index >= 15 is 0 Å². The van der Waals surface area contributed by atoms with Gasteiger partial charge in [0.2, 0.25) is 0 Å². The van der Waals surface area contributed by atoms with E-state index in [1.165, 1.54) is 6.07 Å². The van der Waals surface area contributed by atoms with Crippen LogP contribution in [0.15, 0.2) is 47.3 Å². The van der Waals surface area contributed by atoms with Crippen molar-refractivity contribution in [1.29, 1.82) is 0 Å². The average molecular weight is 388 g/mol. The van der Waals surface area contributed by atoms with Gasteiger partial charge in [-0.25, -0.2) is 13.8 Å². The molecule has 7 heteroatoms. The van der Waals surface area contributed by atoms with Gasteiger partial charge in [-0.3, -0.25) is 9.69 Å². The van der Waals surface area contributed by atoms with Crippen molar-refractivity contribution in [3.05, 3.63) is 86.3 Å². The molecule has 0 saturated carbocycles. The SMILES string of the molecule is O=c1[nH]c(-c2ccc(Cl)cc2)nc2c1CCN(Cc1cc(F)ccc1F)C2. The summed E-state index contributed by atoms with van der Waals surface area (Å²) in [5.41, 5.74) is 2.19. The number of halogens is 3. The number of rotatable bonds is 3. The van der Waals surface area contributed by atoms with Crippen LogP contribution < -0.4 is 5.56 Å². The second-order valence-corrected chi connectivity index (χ2v) is 6.98. The van der Waals surface area contributed by atoms with Crippen LogP contribution in [0, 0.1) is 11.6 Å². The molecule has 1 aliphatic rings. The van der Waals surface area contributed by atoms with Gasteiger partial charge in [-0.2, -0.15) is 0 Å². The first-order valence-electron chi connectivity index (χ1n) is 8.54. The normalized spacial score (nSPS) is 14.2. The van der Waals surface area contributed by atoms with Gasteiger partial charge in [0.05, 0.1) is 5.69 Å². The van der Waals surface area contributed by atoms with Crippen molar-refractivity contribution < 1.29 is 8.78 Å². The number of benzene rings is 2. The Morgan fingerprint density at radius 2 is 1.93 bits per heavy atom. The van der Waals surface area contributed by atoms with Crippen LogP contribution >= 0.6 is 11.6 Å². The number of aromatic nitrogens is 2. The Kier molecular flexibility index (Phi) is 4.76. The fourth-order valence-corrected chi connectivity index (χ4v) is 3.40. The molecule has 27 heavy (non-hydrogen) atoms.